The van der Waals surface area contributed by atoms with E-state index in [1.807, 2.05) is 0 Å². The SMILES string of the molecule is CCOC(=O)/C(C#N)=C/C(C)C(O)(C(=O)OC)C(F)(F)F. The maximum atomic E-state index is 12.9. The molecule has 0 heterocycles. The standard InChI is InChI=1S/C12H14F3NO5/c1-4-21-9(17)8(6-16)5-7(2)11(19,10(18)20-3)12(13,14)15/h5,7,19H,4H2,1-3H3/b8-5+. The first-order chi connectivity index (χ1) is 9.56. The van der Waals surface area contributed by atoms with Gasteiger partial charge in [0, 0.05) is 5.92 Å². The van der Waals surface area contributed by atoms with E-state index >= 15 is 0 Å². The maximum Gasteiger partial charge on any atom is 0.428 e. The minimum Gasteiger partial charge on any atom is -0.467 e. The van der Waals surface area contributed by atoms with Crippen molar-refractivity contribution in [2.75, 3.05) is 13.7 Å². The summed E-state index contributed by atoms with van der Waals surface area (Å²) >= 11 is 0. The largest absolute Gasteiger partial charge is 0.467 e. The van der Waals surface area contributed by atoms with Crippen molar-refractivity contribution in [3.05, 3.63) is 11.6 Å². The van der Waals surface area contributed by atoms with Crippen LogP contribution in [-0.4, -0.2) is 42.5 Å². The molecular formula is C12H14F3NO5. The van der Waals surface area contributed by atoms with Gasteiger partial charge in [0.25, 0.3) is 5.60 Å². The Morgan fingerprint density at radius 2 is 1.95 bits per heavy atom. The number of aliphatic hydroxyl groups is 1. The highest BCUT2D eigenvalue weighted by atomic mass is 19.4. The molecule has 0 aromatic rings. The van der Waals surface area contributed by atoms with Crippen LogP contribution in [0, 0.1) is 17.2 Å². The van der Waals surface area contributed by atoms with Crippen molar-refractivity contribution >= 4 is 11.9 Å². The Hall–Kier alpha value is -2.08. The number of ether oxygens (including phenoxy) is 2. The molecule has 0 bridgehead atoms. The van der Waals surface area contributed by atoms with Crippen molar-refractivity contribution in [1.29, 1.82) is 5.26 Å². The van der Waals surface area contributed by atoms with Gasteiger partial charge < -0.3 is 14.6 Å². The molecule has 0 aromatic carbocycles. The van der Waals surface area contributed by atoms with Crippen molar-refractivity contribution in [3.8, 4) is 6.07 Å². The highest BCUT2D eigenvalue weighted by Crippen LogP contribution is 2.38. The molecule has 6 nitrogen and oxygen atoms in total. The van der Waals surface area contributed by atoms with Crippen molar-refractivity contribution < 1.29 is 37.3 Å². The molecule has 21 heavy (non-hydrogen) atoms. The number of carbonyl (C=O) groups excluding carboxylic acids is 2. The van der Waals surface area contributed by atoms with Crippen LogP contribution in [0.1, 0.15) is 13.8 Å². The lowest BCUT2D eigenvalue weighted by atomic mass is 9.86. The molecule has 0 radical (unpaired) electrons. The van der Waals surface area contributed by atoms with E-state index in [0.717, 1.165) is 6.92 Å². The Kier molecular flexibility index (Phi) is 6.38. The number of nitrogens with zero attached hydrogens (tertiary/aromatic N) is 1. The summed E-state index contributed by atoms with van der Waals surface area (Å²) in [6, 6.07) is 1.35. The van der Waals surface area contributed by atoms with Crippen molar-refractivity contribution in [2.24, 2.45) is 5.92 Å². The van der Waals surface area contributed by atoms with Crippen LogP contribution in [0.2, 0.25) is 0 Å². The Labute approximate surface area is 118 Å². The zero-order chi connectivity index (χ0) is 16.8. The summed E-state index contributed by atoms with van der Waals surface area (Å²) in [4.78, 5) is 22.6. The molecule has 9 heteroatoms. The highest BCUT2D eigenvalue weighted by molar-refractivity contribution is 5.93. The Bertz CT molecular complexity index is 480. The van der Waals surface area contributed by atoms with Crippen LogP contribution in [0.5, 0.6) is 0 Å². The predicted octanol–water partition coefficient (Wildman–Crippen LogP) is 1.10. The van der Waals surface area contributed by atoms with Gasteiger partial charge in [-0.1, -0.05) is 13.0 Å². The van der Waals surface area contributed by atoms with Crippen molar-refractivity contribution in [3.63, 3.8) is 0 Å². The number of nitriles is 1. The number of halogens is 3. The van der Waals surface area contributed by atoms with Gasteiger partial charge in [0.2, 0.25) is 0 Å². The second-order valence-electron chi connectivity index (χ2n) is 3.96. The van der Waals surface area contributed by atoms with E-state index in [0.29, 0.717) is 13.2 Å². The van der Waals surface area contributed by atoms with Crippen LogP contribution in [0.15, 0.2) is 11.6 Å². The number of esters is 2. The van der Waals surface area contributed by atoms with Gasteiger partial charge in [0.05, 0.1) is 13.7 Å². The topological polar surface area (TPSA) is 96.6 Å². The van der Waals surface area contributed by atoms with Gasteiger partial charge >= 0.3 is 18.1 Å². The summed E-state index contributed by atoms with van der Waals surface area (Å²) in [5.74, 6) is -5.04. The average molecular weight is 309 g/mol. The number of alkyl halides is 3. The normalized spacial score (nSPS) is 16.4. The van der Waals surface area contributed by atoms with E-state index in [4.69, 9.17) is 5.26 Å². The van der Waals surface area contributed by atoms with Gasteiger partial charge in [-0.2, -0.15) is 18.4 Å². The quantitative estimate of drug-likeness (QED) is 0.464. The van der Waals surface area contributed by atoms with Gasteiger partial charge in [0.1, 0.15) is 11.6 Å². The molecule has 0 saturated carbocycles. The summed E-state index contributed by atoms with van der Waals surface area (Å²) in [6.07, 6.45) is -4.84. The molecule has 0 amide bonds. The molecular weight excluding hydrogens is 295 g/mol. The van der Waals surface area contributed by atoms with Crippen LogP contribution in [-0.2, 0) is 19.1 Å². The molecule has 0 aromatic heterocycles. The highest BCUT2D eigenvalue weighted by Gasteiger charge is 2.63. The van der Waals surface area contributed by atoms with Crippen molar-refractivity contribution in [1.82, 2.24) is 0 Å². The van der Waals surface area contributed by atoms with Gasteiger partial charge in [0.15, 0.2) is 0 Å². The monoisotopic (exact) mass is 309 g/mol. The lowest BCUT2D eigenvalue weighted by molar-refractivity contribution is -0.271. The number of methoxy groups -OCH3 is 1. The molecule has 0 rings (SSSR count). The Morgan fingerprint density at radius 3 is 2.29 bits per heavy atom. The average Bonchev–Trinajstić information content (AvgIpc) is 2.41. The third-order valence-electron chi connectivity index (χ3n) is 2.62. The fourth-order valence-electron chi connectivity index (χ4n) is 1.45. The Morgan fingerprint density at radius 1 is 1.43 bits per heavy atom. The van der Waals surface area contributed by atoms with Gasteiger partial charge in [-0.25, -0.2) is 9.59 Å². The lowest BCUT2D eigenvalue weighted by Gasteiger charge is -2.31. The summed E-state index contributed by atoms with van der Waals surface area (Å²) < 4.78 is 47.2. The third-order valence-corrected chi connectivity index (χ3v) is 2.62. The molecule has 2 unspecified atom stereocenters. The van der Waals surface area contributed by atoms with Gasteiger partial charge in [-0.05, 0) is 6.92 Å². The maximum absolute atomic E-state index is 12.9. The second kappa shape index (κ2) is 7.08. The third kappa shape index (κ3) is 3.95. The van der Waals surface area contributed by atoms with Crippen LogP contribution in [0.4, 0.5) is 13.2 Å². The fraction of sp³-hybridized carbons (Fsp3) is 0.583. The molecule has 0 saturated heterocycles. The van der Waals surface area contributed by atoms with Crippen molar-refractivity contribution in [2.45, 2.75) is 25.6 Å². The summed E-state index contributed by atoms with van der Waals surface area (Å²) in [6.45, 7) is 2.17. The first-order valence-corrected chi connectivity index (χ1v) is 5.72. The molecule has 0 aliphatic carbocycles. The smallest absolute Gasteiger partial charge is 0.428 e. The summed E-state index contributed by atoms with van der Waals surface area (Å²) in [5, 5.41) is 18.4. The van der Waals surface area contributed by atoms with Crippen LogP contribution >= 0.6 is 0 Å². The van der Waals surface area contributed by atoms with Gasteiger partial charge in [-0.15, -0.1) is 0 Å². The molecule has 0 aliphatic rings. The first kappa shape index (κ1) is 18.9. The minimum absolute atomic E-state index is 0.0905. The van der Waals surface area contributed by atoms with E-state index in [-0.39, 0.29) is 6.61 Å². The molecule has 0 fully saturated rings. The number of hydrogen-bond acceptors (Lipinski definition) is 6. The van der Waals surface area contributed by atoms with E-state index in [1.165, 1.54) is 13.0 Å². The number of carbonyl (C=O) groups is 2. The predicted molar refractivity (Wildman–Crippen MR) is 62.5 cm³/mol. The van der Waals surface area contributed by atoms with Gasteiger partial charge in [-0.3, -0.25) is 0 Å². The summed E-state index contributed by atoms with van der Waals surface area (Å²) in [7, 11) is 0.673. The van der Waals surface area contributed by atoms with E-state index in [2.05, 4.69) is 9.47 Å². The fourth-order valence-corrected chi connectivity index (χ4v) is 1.45. The molecule has 118 valence electrons. The zero-order valence-electron chi connectivity index (χ0n) is 11.5. The summed E-state index contributed by atoms with van der Waals surface area (Å²) in [5.41, 5.74) is -4.63. The van der Waals surface area contributed by atoms with Crippen LogP contribution in [0.3, 0.4) is 0 Å². The lowest BCUT2D eigenvalue weighted by Crippen LogP contribution is -2.57. The minimum atomic E-state index is -5.36. The van der Waals surface area contributed by atoms with E-state index in [9.17, 15) is 27.9 Å². The van der Waals surface area contributed by atoms with E-state index < -0.39 is 35.2 Å². The Balaban J connectivity index is 5.72. The van der Waals surface area contributed by atoms with Crippen LogP contribution in [0.25, 0.3) is 0 Å². The second-order valence-corrected chi connectivity index (χ2v) is 3.96. The van der Waals surface area contributed by atoms with E-state index in [1.54, 1.807) is 0 Å². The number of hydrogen-bond donors (Lipinski definition) is 1. The van der Waals surface area contributed by atoms with Crippen LogP contribution < -0.4 is 0 Å². The zero-order valence-corrected chi connectivity index (χ0v) is 11.5. The molecule has 2 atom stereocenters. The number of rotatable bonds is 5. The molecule has 1 N–H and O–H groups in total. The first-order valence-electron chi connectivity index (χ1n) is 5.72. The molecule has 0 spiro atoms. The molecule has 0 aliphatic heterocycles.